The number of urea groups is 1. The molecule has 0 bridgehead atoms. The molecular formula is C13H16N6O7S. The number of esters is 1. The van der Waals surface area contributed by atoms with Gasteiger partial charge in [0, 0.05) is 7.05 Å². The van der Waals surface area contributed by atoms with Gasteiger partial charge in [0.1, 0.15) is 5.56 Å². The van der Waals surface area contributed by atoms with E-state index in [1.54, 1.807) is 4.72 Å². The highest BCUT2D eigenvalue weighted by molar-refractivity contribution is 7.90. The van der Waals surface area contributed by atoms with E-state index < -0.39 is 27.0 Å². The number of nitrogens with one attached hydrogen (secondary N) is 2. The SMILES string of the molecule is COC(=O)c1cnn(C)c1S(=O)(=O)NC(=O)Nc1nc(OC)cc(OC)n1. The lowest BCUT2D eigenvalue weighted by molar-refractivity contribution is 0.0595. The first-order valence-electron chi connectivity index (χ1n) is 7.13. The van der Waals surface area contributed by atoms with Crippen LogP contribution in [0, 0.1) is 0 Å². The first-order chi connectivity index (χ1) is 12.7. The van der Waals surface area contributed by atoms with Gasteiger partial charge >= 0.3 is 12.0 Å². The van der Waals surface area contributed by atoms with E-state index in [2.05, 4.69) is 25.1 Å². The minimum Gasteiger partial charge on any atom is -0.481 e. The number of hydrogen-bond acceptors (Lipinski definition) is 10. The summed E-state index contributed by atoms with van der Waals surface area (Å²) in [4.78, 5) is 31.4. The Morgan fingerprint density at radius 1 is 1.11 bits per heavy atom. The van der Waals surface area contributed by atoms with Crippen LogP contribution in [0.1, 0.15) is 10.4 Å². The number of ether oxygens (including phenoxy) is 3. The summed E-state index contributed by atoms with van der Waals surface area (Å²) < 4.78 is 41.9. The number of hydrogen-bond donors (Lipinski definition) is 2. The van der Waals surface area contributed by atoms with Gasteiger partial charge in [-0.25, -0.2) is 14.3 Å². The van der Waals surface area contributed by atoms with Crippen LogP contribution >= 0.6 is 0 Å². The van der Waals surface area contributed by atoms with E-state index in [0.717, 1.165) is 18.0 Å². The molecule has 2 heterocycles. The van der Waals surface area contributed by atoms with Crippen molar-refractivity contribution in [1.29, 1.82) is 0 Å². The molecule has 2 aromatic rings. The lowest BCUT2D eigenvalue weighted by Gasteiger charge is -2.10. The van der Waals surface area contributed by atoms with E-state index in [0.29, 0.717) is 0 Å². The number of aryl methyl sites for hydroxylation is 1. The highest BCUT2D eigenvalue weighted by Gasteiger charge is 2.29. The number of amides is 2. The summed E-state index contributed by atoms with van der Waals surface area (Å²) in [5.74, 6) is -1.03. The van der Waals surface area contributed by atoms with E-state index >= 15 is 0 Å². The van der Waals surface area contributed by atoms with Gasteiger partial charge in [0.15, 0.2) is 5.03 Å². The van der Waals surface area contributed by atoms with Gasteiger partial charge in [-0.3, -0.25) is 10.00 Å². The van der Waals surface area contributed by atoms with Crippen LogP contribution in [0.5, 0.6) is 11.8 Å². The molecular weight excluding hydrogens is 384 g/mol. The Hall–Kier alpha value is -3.42. The molecule has 0 saturated heterocycles. The summed E-state index contributed by atoms with van der Waals surface area (Å²) >= 11 is 0. The molecule has 0 aliphatic rings. The fourth-order valence-electron chi connectivity index (χ4n) is 1.96. The Kier molecular flexibility index (Phi) is 5.79. The maximum atomic E-state index is 12.5. The van der Waals surface area contributed by atoms with Crippen molar-refractivity contribution in [3.05, 3.63) is 17.8 Å². The highest BCUT2D eigenvalue weighted by atomic mass is 32.2. The van der Waals surface area contributed by atoms with Gasteiger partial charge in [-0.2, -0.15) is 23.5 Å². The molecule has 27 heavy (non-hydrogen) atoms. The largest absolute Gasteiger partial charge is 0.481 e. The second-order valence-electron chi connectivity index (χ2n) is 4.81. The van der Waals surface area contributed by atoms with E-state index in [1.165, 1.54) is 27.3 Å². The highest BCUT2D eigenvalue weighted by Crippen LogP contribution is 2.18. The van der Waals surface area contributed by atoms with Crippen LogP contribution in [0.3, 0.4) is 0 Å². The van der Waals surface area contributed by atoms with Crippen LogP contribution in [0.25, 0.3) is 0 Å². The minimum atomic E-state index is -4.46. The van der Waals surface area contributed by atoms with Crippen LogP contribution in [-0.2, 0) is 21.8 Å². The maximum Gasteiger partial charge on any atom is 0.342 e. The van der Waals surface area contributed by atoms with Crippen LogP contribution < -0.4 is 19.5 Å². The second-order valence-corrected chi connectivity index (χ2v) is 6.41. The van der Waals surface area contributed by atoms with Crippen LogP contribution in [0.4, 0.5) is 10.7 Å². The number of sulfonamides is 1. The topological polar surface area (TPSA) is 164 Å². The van der Waals surface area contributed by atoms with Crippen molar-refractivity contribution in [1.82, 2.24) is 24.5 Å². The molecule has 13 nitrogen and oxygen atoms in total. The molecule has 146 valence electrons. The van der Waals surface area contributed by atoms with Crippen molar-refractivity contribution in [2.75, 3.05) is 26.6 Å². The third-order valence-electron chi connectivity index (χ3n) is 3.09. The molecule has 2 aromatic heterocycles. The van der Waals surface area contributed by atoms with Crippen LogP contribution in [0.15, 0.2) is 17.3 Å². The van der Waals surface area contributed by atoms with Crippen molar-refractivity contribution in [3.8, 4) is 11.8 Å². The van der Waals surface area contributed by atoms with Gasteiger partial charge in [-0.1, -0.05) is 0 Å². The Morgan fingerprint density at radius 3 is 2.22 bits per heavy atom. The fourth-order valence-corrected chi connectivity index (χ4v) is 3.17. The number of carbonyl (C=O) groups is 2. The number of carbonyl (C=O) groups excluding carboxylic acids is 2. The molecule has 2 amide bonds. The first-order valence-corrected chi connectivity index (χ1v) is 8.61. The van der Waals surface area contributed by atoms with Crippen molar-refractivity contribution in [3.63, 3.8) is 0 Å². The Labute approximate surface area is 153 Å². The van der Waals surface area contributed by atoms with Crippen molar-refractivity contribution < 1.29 is 32.2 Å². The molecule has 0 aliphatic carbocycles. The Bertz CT molecular complexity index is 949. The predicted octanol–water partition coefficient (Wildman–Crippen LogP) is -0.476. The first kappa shape index (κ1) is 19.9. The monoisotopic (exact) mass is 400 g/mol. The number of aromatic nitrogens is 4. The predicted molar refractivity (Wildman–Crippen MR) is 89.0 cm³/mol. The molecule has 0 saturated carbocycles. The van der Waals surface area contributed by atoms with Gasteiger partial charge in [-0.15, -0.1) is 0 Å². The lowest BCUT2D eigenvalue weighted by atomic mass is 10.4. The van der Waals surface area contributed by atoms with E-state index in [1.807, 2.05) is 0 Å². The molecule has 0 fully saturated rings. The fraction of sp³-hybridized carbons (Fsp3) is 0.308. The van der Waals surface area contributed by atoms with Gasteiger partial charge in [0.05, 0.1) is 33.6 Å². The molecule has 14 heteroatoms. The van der Waals surface area contributed by atoms with Gasteiger partial charge < -0.3 is 14.2 Å². The van der Waals surface area contributed by atoms with E-state index in [-0.39, 0.29) is 23.3 Å². The smallest absolute Gasteiger partial charge is 0.342 e. The summed E-state index contributed by atoms with van der Waals surface area (Å²) in [5, 5.41) is 5.28. The summed E-state index contributed by atoms with van der Waals surface area (Å²) in [6.07, 6.45) is 1.01. The van der Waals surface area contributed by atoms with Gasteiger partial charge in [-0.05, 0) is 0 Å². The zero-order chi connectivity index (χ0) is 20.2. The molecule has 2 N–H and O–H groups in total. The number of nitrogens with zero attached hydrogens (tertiary/aromatic N) is 4. The summed E-state index contributed by atoms with van der Waals surface area (Å²) in [6.45, 7) is 0. The standard InChI is InChI=1S/C13H16N6O7S/c1-19-10(7(6-14-19)11(20)26-4)27(22,23)18-13(21)17-12-15-8(24-2)5-9(16-12)25-3/h5-6H,1-4H3,(H2,15,16,17,18,21). The molecule has 0 unspecified atom stereocenters. The summed E-state index contributed by atoms with van der Waals surface area (Å²) in [6, 6.07) is 0.181. The molecule has 2 rings (SSSR count). The molecule has 0 radical (unpaired) electrons. The number of anilines is 1. The van der Waals surface area contributed by atoms with Crippen LogP contribution in [0.2, 0.25) is 0 Å². The van der Waals surface area contributed by atoms with Crippen molar-refractivity contribution in [2.24, 2.45) is 7.05 Å². The van der Waals surface area contributed by atoms with Crippen molar-refractivity contribution >= 4 is 28.0 Å². The van der Waals surface area contributed by atoms with Crippen LogP contribution in [-0.4, -0.2) is 61.5 Å². The maximum absolute atomic E-state index is 12.5. The Morgan fingerprint density at radius 2 is 1.70 bits per heavy atom. The normalized spacial score (nSPS) is 10.8. The third kappa shape index (κ3) is 4.41. The molecule has 0 atom stereocenters. The number of rotatable bonds is 6. The summed E-state index contributed by atoms with van der Waals surface area (Å²) in [7, 11) is 0.585. The Balaban J connectivity index is 2.26. The summed E-state index contributed by atoms with van der Waals surface area (Å²) in [5.41, 5.74) is -0.334. The van der Waals surface area contributed by atoms with E-state index in [4.69, 9.17) is 9.47 Å². The quantitative estimate of drug-likeness (QED) is 0.605. The number of methoxy groups -OCH3 is 3. The molecule has 0 spiro atoms. The average molecular weight is 400 g/mol. The van der Waals surface area contributed by atoms with Crippen molar-refractivity contribution in [2.45, 2.75) is 5.03 Å². The second kappa shape index (κ2) is 7.86. The lowest BCUT2D eigenvalue weighted by Crippen LogP contribution is -2.36. The minimum absolute atomic E-state index is 0.0830. The zero-order valence-electron chi connectivity index (χ0n) is 14.7. The van der Waals surface area contributed by atoms with Gasteiger partial charge in [0.2, 0.25) is 17.7 Å². The van der Waals surface area contributed by atoms with Gasteiger partial charge in [0.25, 0.3) is 10.0 Å². The van der Waals surface area contributed by atoms with E-state index in [9.17, 15) is 18.0 Å². The zero-order valence-corrected chi connectivity index (χ0v) is 15.5. The third-order valence-corrected chi connectivity index (χ3v) is 4.54. The molecule has 0 aliphatic heterocycles. The average Bonchev–Trinajstić information content (AvgIpc) is 3.02. The molecule has 0 aromatic carbocycles.